The maximum atomic E-state index is 6.19. The van der Waals surface area contributed by atoms with Gasteiger partial charge in [0.15, 0.2) is 0 Å². The fourth-order valence-corrected chi connectivity index (χ4v) is 2.21. The van der Waals surface area contributed by atoms with Crippen LogP contribution in [-0.4, -0.2) is 12.1 Å². The van der Waals surface area contributed by atoms with Crippen LogP contribution >= 0.6 is 23.2 Å². The van der Waals surface area contributed by atoms with Gasteiger partial charge in [0.25, 0.3) is 0 Å². The maximum Gasteiger partial charge on any atom is 0.138 e. The zero-order valence-corrected chi connectivity index (χ0v) is 9.86. The minimum atomic E-state index is 0.473. The molecule has 15 heavy (non-hydrogen) atoms. The molecule has 1 aromatic heterocycles. The average molecular weight is 242 g/mol. The second-order valence-electron chi connectivity index (χ2n) is 3.24. The van der Waals surface area contributed by atoms with Crippen molar-refractivity contribution in [1.29, 1.82) is 0 Å². The Hall–Kier alpha value is -0.990. The molecule has 1 heterocycles. The Kier molecular flexibility index (Phi) is 2.72. The summed E-state index contributed by atoms with van der Waals surface area (Å²) in [5.74, 6) is 0.649. The van der Waals surface area contributed by atoms with Crippen molar-refractivity contribution in [2.75, 3.05) is 7.11 Å². The number of aryl methyl sites for hydroxylation is 1. The number of benzene rings is 1. The molecule has 0 aliphatic carbocycles. The molecule has 2 rings (SSSR count). The Labute approximate surface area is 97.8 Å². The van der Waals surface area contributed by atoms with E-state index >= 15 is 0 Å². The topological polar surface area (TPSA) is 22.1 Å². The first-order valence-corrected chi connectivity index (χ1v) is 5.18. The molecule has 0 radical (unpaired) electrons. The lowest BCUT2D eigenvalue weighted by molar-refractivity contribution is 0.415. The van der Waals surface area contributed by atoms with E-state index in [1.165, 1.54) is 0 Å². The number of halogens is 2. The summed E-state index contributed by atoms with van der Waals surface area (Å²) in [6, 6.07) is 5.42. The van der Waals surface area contributed by atoms with Crippen molar-refractivity contribution >= 4 is 34.1 Å². The third kappa shape index (κ3) is 1.75. The number of hydrogen-bond donors (Lipinski definition) is 0. The van der Waals surface area contributed by atoms with Crippen LogP contribution in [0, 0.1) is 6.92 Å². The zero-order chi connectivity index (χ0) is 11.0. The molecule has 0 aliphatic heterocycles. The van der Waals surface area contributed by atoms with Crippen molar-refractivity contribution in [3.05, 3.63) is 33.9 Å². The molecule has 4 heteroatoms. The quantitative estimate of drug-likeness (QED) is 0.708. The Morgan fingerprint density at radius 1 is 1.27 bits per heavy atom. The van der Waals surface area contributed by atoms with Crippen LogP contribution in [0.2, 0.25) is 10.2 Å². The van der Waals surface area contributed by atoms with E-state index in [1.54, 1.807) is 19.2 Å². The van der Waals surface area contributed by atoms with Gasteiger partial charge in [0.2, 0.25) is 0 Å². The van der Waals surface area contributed by atoms with E-state index in [-0.39, 0.29) is 0 Å². The summed E-state index contributed by atoms with van der Waals surface area (Å²) in [4.78, 5) is 4.20. The number of pyridine rings is 1. The van der Waals surface area contributed by atoms with Crippen LogP contribution in [0.25, 0.3) is 10.9 Å². The van der Waals surface area contributed by atoms with E-state index in [4.69, 9.17) is 27.9 Å². The molecular formula is C11H9Cl2NO. The highest BCUT2D eigenvalue weighted by atomic mass is 35.5. The Morgan fingerprint density at radius 3 is 2.67 bits per heavy atom. The summed E-state index contributed by atoms with van der Waals surface area (Å²) in [7, 11) is 1.59. The highest BCUT2D eigenvalue weighted by Crippen LogP contribution is 2.34. The third-order valence-electron chi connectivity index (χ3n) is 2.26. The fraction of sp³-hybridized carbons (Fsp3) is 0.182. The smallest absolute Gasteiger partial charge is 0.138 e. The lowest BCUT2D eigenvalue weighted by Crippen LogP contribution is -1.89. The molecule has 0 spiro atoms. The van der Waals surface area contributed by atoms with Crippen molar-refractivity contribution < 1.29 is 4.74 Å². The van der Waals surface area contributed by atoms with Gasteiger partial charge in [-0.2, -0.15) is 0 Å². The van der Waals surface area contributed by atoms with Gasteiger partial charge in [-0.3, -0.25) is 0 Å². The van der Waals surface area contributed by atoms with Gasteiger partial charge in [-0.05, 0) is 30.7 Å². The first-order chi connectivity index (χ1) is 7.13. The first kappa shape index (κ1) is 10.5. The van der Waals surface area contributed by atoms with Crippen LogP contribution < -0.4 is 4.74 Å². The van der Waals surface area contributed by atoms with Gasteiger partial charge < -0.3 is 4.74 Å². The van der Waals surface area contributed by atoms with Crippen molar-refractivity contribution in [1.82, 2.24) is 4.98 Å². The molecule has 0 fully saturated rings. The molecule has 2 nitrogen and oxygen atoms in total. The SMILES string of the molecule is COc1ccc2nc(Cl)cc(C)c2c1Cl. The van der Waals surface area contributed by atoms with Crippen LogP contribution in [0.15, 0.2) is 18.2 Å². The summed E-state index contributed by atoms with van der Waals surface area (Å²) in [6.45, 7) is 1.95. The molecule has 0 bridgehead atoms. The second-order valence-corrected chi connectivity index (χ2v) is 4.00. The van der Waals surface area contributed by atoms with Crippen LogP contribution in [0.5, 0.6) is 5.75 Å². The summed E-state index contributed by atoms with van der Waals surface area (Å²) in [5.41, 5.74) is 1.78. The lowest BCUT2D eigenvalue weighted by Gasteiger charge is -2.08. The van der Waals surface area contributed by atoms with Gasteiger partial charge in [-0.15, -0.1) is 0 Å². The molecule has 0 saturated heterocycles. The number of fused-ring (bicyclic) bond motifs is 1. The Balaban J connectivity index is 2.87. The second kappa shape index (κ2) is 3.87. The number of methoxy groups -OCH3 is 1. The molecule has 0 saturated carbocycles. The van der Waals surface area contributed by atoms with E-state index in [2.05, 4.69) is 4.98 Å². The van der Waals surface area contributed by atoms with Crippen molar-refractivity contribution in [3.8, 4) is 5.75 Å². The van der Waals surface area contributed by atoms with Crippen molar-refractivity contribution in [2.24, 2.45) is 0 Å². The van der Waals surface area contributed by atoms with E-state index < -0.39 is 0 Å². The molecule has 0 N–H and O–H groups in total. The largest absolute Gasteiger partial charge is 0.495 e. The third-order valence-corrected chi connectivity index (χ3v) is 2.83. The molecule has 0 unspecified atom stereocenters. The molecule has 0 aliphatic rings. The highest BCUT2D eigenvalue weighted by Gasteiger charge is 2.09. The maximum absolute atomic E-state index is 6.19. The standard InChI is InChI=1S/C11H9Cl2NO/c1-6-5-9(12)14-7-3-4-8(15-2)11(13)10(6)7/h3-5H,1-2H3. The minimum Gasteiger partial charge on any atom is -0.495 e. The normalized spacial score (nSPS) is 10.7. The van der Waals surface area contributed by atoms with Crippen molar-refractivity contribution in [2.45, 2.75) is 6.92 Å². The fourth-order valence-electron chi connectivity index (χ4n) is 1.57. The number of nitrogens with zero attached hydrogens (tertiary/aromatic N) is 1. The predicted molar refractivity (Wildman–Crippen MR) is 63.1 cm³/mol. The van der Waals surface area contributed by atoms with E-state index in [0.717, 1.165) is 16.5 Å². The van der Waals surface area contributed by atoms with Crippen LogP contribution in [0.3, 0.4) is 0 Å². The minimum absolute atomic E-state index is 0.473. The van der Waals surface area contributed by atoms with Gasteiger partial charge in [0.05, 0.1) is 17.6 Å². The summed E-state index contributed by atoms with van der Waals surface area (Å²) in [5, 5.41) is 1.94. The molecule has 0 amide bonds. The van der Waals surface area contributed by atoms with Gasteiger partial charge in [-0.25, -0.2) is 4.98 Å². The van der Waals surface area contributed by atoms with Crippen LogP contribution in [0.4, 0.5) is 0 Å². The zero-order valence-electron chi connectivity index (χ0n) is 8.34. The van der Waals surface area contributed by atoms with Crippen molar-refractivity contribution in [3.63, 3.8) is 0 Å². The summed E-state index contributed by atoms with van der Waals surface area (Å²) in [6.07, 6.45) is 0. The molecular weight excluding hydrogens is 233 g/mol. The monoisotopic (exact) mass is 241 g/mol. The highest BCUT2D eigenvalue weighted by molar-refractivity contribution is 6.37. The van der Waals surface area contributed by atoms with Gasteiger partial charge >= 0.3 is 0 Å². The van der Waals surface area contributed by atoms with E-state index in [0.29, 0.717) is 15.9 Å². The lowest BCUT2D eigenvalue weighted by atomic mass is 10.1. The summed E-state index contributed by atoms with van der Waals surface area (Å²) >= 11 is 12.1. The van der Waals surface area contributed by atoms with Crippen LogP contribution in [0.1, 0.15) is 5.56 Å². The predicted octanol–water partition coefficient (Wildman–Crippen LogP) is 3.86. The Bertz CT molecular complexity index is 525. The summed E-state index contributed by atoms with van der Waals surface area (Å²) < 4.78 is 5.15. The van der Waals surface area contributed by atoms with Crippen LogP contribution in [-0.2, 0) is 0 Å². The first-order valence-electron chi connectivity index (χ1n) is 4.43. The molecule has 78 valence electrons. The number of rotatable bonds is 1. The number of aromatic nitrogens is 1. The van der Waals surface area contributed by atoms with E-state index in [9.17, 15) is 0 Å². The molecule has 1 aromatic carbocycles. The average Bonchev–Trinajstić information content (AvgIpc) is 2.17. The van der Waals surface area contributed by atoms with E-state index in [1.807, 2.05) is 13.0 Å². The van der Waals surface area contributed by atoms with Gasteiger partial charge in [0.1, 0.15) is 10.9 Å². The van der Waals surface area contributed by atoms with Gasteiger partial charge in [0, 0.05) is 5.39 Å². The number of hydrogen-bond acceptors (Lipinski definition) is 2. The molecule has 2 aromatic rings. The Morgan fingerprint density at radius 2 is 2.00 bits per heavy atom. The van der Waals surface area contributed by atoms with Gasteiger partial charge in [-0.1, -0.05) is 23.2 Å². The molecule has 0 atom stereocenters. The number of ether oxygens (including phenoxy) is 1.